The van der Waals surface area contributed by atoms with Crippen molar-refractivity contribution in [1.82, 2.24) is 4.98 Å². The van der Waals surface area contributed by atoms with Crippen LogP contribution in [-0.4, -0.2) is 34.6 Å². The number of carbonyl (C=O) groups excluding carboxylic acids is 2. The molecule has 4 heterocycles. The largest absolute Gasteiger partial charge is 0.459 e. The van der Waals surface area contributed by atoms with Crippen molar-refractivity contribution >= 4 is 29.2 Å². The molecule has 3 aromatic rings. The smallest absolute Gasteiger partial charge is 0.238 e. The first kappa shape index (κ1) is 25.5. The van der Waals surface area contributed by atoms with E-state index in [2.05, 4.69) is 11.9 Å². The van der Waals surface area contributed by atoms with E-state index in [1.807, 2.05) is 60.7 Å². The molecule has 0 bridgehead atoms. The summed E-state index contributed by atoms with van der Waals surface area (Å²) in [4.78, 5) is 33.1. The number of amides is 2. The molecule has 2 aliphatic heterocycles. The molecule has 6 rings (SSSR count). The van der Waals surface area contributed by atoms with E-state index >= 15 is 0 Å². The third-order valence-electron chi connectivity index (χ3n) is 8.27. The quantitative estimate of drug-likeness (QED) is 0.313. The first-order chi connectivity index (χ1) is 19.1. The maximum atomic E-state index is 13.7. The van der Waals surface area contributed by atoms with Crippen LogP contribution in [0.2, 0.25) is 0 Å². The molecule has 0 radical (unpaired) electrons. The zero-order chi connectivity index (χ0) is 26.9. The number of carbonyl (C=O) groups is 2. The number of rotatable bonds is 8. The number of para-hydroxylation sites is 1. The lowest BCUT2D eigenvalue weighted by atomic mass is 9.69. The van der Waals surface area contributed by atoms with Crippen LogP contribution in [0.15, 0.2) is 82.4 Å². The van der Waals surface area contributed by atoms with Crippen LogP contribution in [0.1, 0.15) is 49.8 Å². The summed E-state index contributed by atoms with van der Waals surface area (Å²) in [5.41, 5.74) is 4.98. The van der Waals surface area contributed by atoms with Crippen molar-refractivity contribution in [3.63, 3.8) is 0 Å². The first-order valence-electron chi connectivity index (χ1n) is 13.7. The fourth-order valence-electron chi connectivity index (χ4n) is 6.49. The number of imide groups is 1. The number of aliphatic hydroxyl groups is 1. The molecule has 2 amide bonds. The number of aromatic nitrogens is 1. The van der Waals surface area contributed by atoms with Crippen molar-refractivity contribution in [3.05, 3.63) is 95.2 Å². The maximum absolute atomic E-state index is 13.7. The number of benzene rings is 1. The van der Waals surface area contributed by atoms with Gasteiger partial charge in [-0.1, -0.05) is 36.8 Å². The Balaban J connectivity index is 1.26. The third-order valence-corrected chi connectivity index (χ3v) is 8.27. The summed E-state index contributed by atoms with van der Waals surface area (Å²) in [5.74, 6) is 0.198. The molecule has 7 heteroatoms. The highest BCUT2D eigenvalue weighted by molar-refractivity contribution is 6.22. The summed E-state index contributed by atoms with van der Waals surface area (Å²) in [6.45, 7) is 2.43. The highest BCUT2D eigenvalue weighted by Gasteiger charge is 2.57. The zero-order valence-electron chi connectivity index (χ0n) is 22.0. The third kappa shape index (κ3) is 4.66. The van der Waals surface area contributed by atoms with Crippen LogP contribution in [0.5, 0.6) is 0 Å². The summed E-state index contributed by atoms with van der Waals surface area (Å²) in [6.07, 6.45) is 6.50. The van der Waals surface area contributed by atoms with E-state index < -0.39 is 0 Å². The Labute approximate surface area is 227 Å². The van der Waals surface area contributed by atoms with Gasteiger partial charge < -0.3 is 14.3 Å². The lowest BCUT2D eigenvalue weighted by molar-refractivity contribution is -0.122. The minimum atomic E-state index is -0.376. The standard InChI is InChI=1S/C32H32N2O5/c1-2-20-17-25-30(32(37)34(31(25)36)22-8-4-3-5-9-22)26-19-38-28(29(20)26)14-11-21(27-10-6-7-15-33-27)16-23-12-13-24(18-35)39-23/h3-10,12-13,15-16,25-26,28,30,35H,2,11,14,17-19H2,1H3/b21-16-/t25-,26+,28-,30-/m1/s1. The van der Waals surface area contributed by atoms with Gasteiger partial charge >= 0.3 is 0 Å². The molecule has 2 saturated heterocycles. The van der Waals surface area contributed by atoms with E-state index in [0.29, 0.717) is 36.7 Å². The lowest BCUT2D eigenvalue weighted by Gasteiger charge is -2.31. The van der Waals surface area contributed by atoms with Crippen LogP contribution >= 0.6 is 0 Å². The number of fused-ring (bicyclic) bond motifs is 3. The predicted octanol–water partition coefficient (Wildman–Crippen LogP) is 5.42. The van der Waals surface area contributed by atoms with Gasteiger partial charge in [-0.15, -0.1) is 0 Å². The second-order valence-electron chi connectivity index (χ2n) is 10.4. The van der Waals surface area contributed by atoms with E-state index in [4.69, 9.17) is 9.15 Å². The average molecular weight is 525 g/mol. The molecular weight excluding hydrogens is 492 g/mol. The van der Waals surface area contributed by atoms with Gasteiger partial charge in [0.25, 0.3) is 0 Å². The maximum Gasteiger partial charge on any atom is 0.238 e. The lowest BCUT2D eigenvalue weighted by Crippen LogP contribution is -2.34. The fourth-order valence-corrected chi connectivity index (χ4v) is 6.49. The molecule has 200 valence electrons. The molecule has 0 spiro atoms. The molecule has 2 fully saturated rings. The highest BCUT2D eigenvalue weighted by atomic mass is 16.5. The molecule has 1 N–H and O–H groups in total. The van der Waals surface area contributed by atoms with Crippen LogP contribution in [0.4, 0.5) is 5.69 Å². The summed E-state index contributed by atoms with van der Waals surface area (Å²) in [7, 11) is 0. The number of anilines is 1. The Hall–Kier alpha value is -3.81. The van der Waals surface area contributed by atoms with E-state index in [9.17, 15) is 14.7 Å². The number of hydrogen-bond acceptors (Lipinski definition) is 6. The molecular formula is C32H32N2O5. The van der Waals surface area contributed by atoms with Gasteiger partial charge in [-0.2, -0.15) is 0 Å². The Morgan fingerprint density at radius 3 is 2.59 bits per heavy atom. The summed E-state index contributed by atoms with van der Waals surface area (Å²) < 4.78 is 12.1. The Bertz CT molecular complexity index is 1430. The van der Waals surface area contributed by atoms with Gasteiger partial charge in [0.1, 0.15) is 18.1 Å². The monoisotopic (exact) mass is 524 g/mol. The Morgan fingerprint density at radius 2 is 1.87 bits per heavy atom. The van der Waals surface area contributed by atoms with Gasteiger partial charge in [-0.3, -0.25) is 19.5 Å². The number of nitrogens with zero attached hydrogens (tertiary/aromatic N) is 2. The molecule has 7 nitrogen and oxygen atoms in total. The van der Waals surface area contributed by atoms with Gasteiger partial charge in [0.15, 0.2) is 0 Å². The number of pyridine rings is 1. The number of ether oxygens (including phenoxy) is 1. The highest BCUT2D eigenvalue weighted by Crippen LogP contribution is 2.51. The van der Waals surface area contributed by atoms with Gasteiger partial charge in [-0.05, 0) is 79.3 Å². The molecule has 4 atom stereocenters. The molecule has 1 aromatic carbocycles. The molecule has 0 saturated carbocycles. The molecule has 0 unspecified atom stereocenters. The predicted molar refractivity (Wildman–Crippen MR) is 147 cm³/mol. The molecule has 2 aromatic heterocycles. The number of furan rings is 1. The minimum absolute atomic E-state index is 0.0756. The molecule has 1 aliphatic carbocycles. The van der Waals surface area contributed by atoms with Crippen LogP contribution < -0.4 is 4.90 Å². The van der Waals surface area contributed by atoms with Gasteiger partial charge in [-0.25, -0.2) is 0 Å². The summed E-state index contributed by atoms with van der Waals surface area (Å²) in [5, 5.41) is 9.39. The van der Waals surface area contributed by atoms with Crippen LogP contribution in [0.25, 0.3) is 11.6 Å². The van der Waals surface area contributed by atoms with Crippen molar-refractivity contribution in [1.29, 1.82) is 0 Å². The number of allylic oxidation sites excluding steroid dienone is 2. The minimum Gasteiger partial charge on any atom is -0.459 e. The average Bonchev–Trinajstić information content (AvgIpc) is 3.68. The van der Waals surface area contributed by atoms with Gasteiger partial charge in [0.05, 0.1) is 35.9 Å². The summed E-state index contributed by atoms with van der Waals surface area (Å²) in [6, 6.07) is 18.7. The van der Waals surface area contributed by atoms with Crippen LogP contribution in [0.3, 0.4) is 0 Å². The summed E-state index contributed by atoms with van der Waals surface area (Å²) >= 11 is 0. The number of hydrogen-bond donors (Lipinski definition) is 1. The van der Waals surface area contributed by atoms with Crippen LogP contribution in [-0.2, 0) is 20.9 Å². The fraction of sp³-hybridized carbons (Fsp3) is 0.344. The second-order valence-corrected chi connectivity index (χ2v) is 10.4. The van der Waals surface area contributed by atoms with E-state index in [-0.39, 0.29) is 42.3 Å². The SMILES string of the molecule is CCC1=C2[C@@H](CC/C(=C/c3ccc(CO)o3)c3ccccn3)OC[C@@H]2[C@@H]2C(=O)N(c3ccccc3)C(=O)[C@@H]2C1. The van der Waals surface area contributed by atoms with E-state index in [1.165, 1.54) is 16.0 Å². The second kappa shape index (κ2) is 10.8. The molecule has 3 aliphatic rings. The number of aliphatic hydroxyl groups excluding tert-OH is 1. The Morgan fingerprint density at radius 1 is 1.05 bits per heavy atom. The van der Waals surface area contributed by atoms with Gasteiger partial charge in [0, 0.05) is 12.1 Å². The molecule has 39 heavy (non-hydrogen) atoms. The normalized spacial score (nSPS) is 24.9. The van der Waals surface area contributed by atoms with Crippen molar-refractivity contribution in [2.24, 2.45) is 17.8 Å². The van der Waals surface area contributed by atoms with Crippen molar-refractivity contribution in [3.8, 4) is 0 Å². The van der Waals surface area contributed by atoms with E-state index in [0.717, 1.165) is 24.1 Å². The van der Waals surface area contributed by atoms with Crippen LogP contribution in [0, 0.1) is 17.8 Å². The van der Waals surface area contributed by atoms with Gasteiger partial charge in [0.2, 0.25) is 11.8 Å². The van der Waals surface area contributed by atoms with Crippen molar-refractivity contribution in [2.75, 3.05) is 11.5 Å². The Kier molecular flexibility index (Phi) is 7.02. The topological polar surface area (TPSA) is 92.9 Å². The van der Waals surface area contributed by atoms with E-state index in [1.54, 1.807) is 12.3 Å². The first-order valence-corrected chi connectivity index (χ1v) is 13.7. The zero-order valence-corrected chi connectivity index (χ0v) is 22.0. The van der Waals surface area contributed by atoms with Crippen molar-refractivity contribution < 1.29 is 23.8 Å². The van der Waals surface area contributed by atoms with Crippen molar-refractivity contribution in [2.45, 2.75) is 45.3 Å².